The molecule has 1 aliphatic rings. The predicted octanol–water partition coefficient (Wildman–Crippen LogP) is 3.88. The van der Waals surface area contributed by atoms with Gasteiger partial charge >= 0.3 is 6.36 Å². The first-order valence-corrected chi connectivity index (χ1v) is 9.92. The summed E-state index contributed by atoms with van der Waals surface area (Å²) < 4.78 is 42.5. The van der Waals surface area contributed by atoms with Crippen LogP contribution in [0.15, 0.2) is 49.1 Å². The molecule has 168 valence electrons. The van der Waals surface area contributed by atoms with Gasteiger partial charge in [-0.15, -0.1) is 13.2 Å². The van der Waals surface area contributed by atoms with Gasteiger partial charge in [0.1, 0.15) is 11.4 Å². The molecule has 1 atom stereocenters. The molecule has 8 nitrogen and oxygen atoms in total. The van der Waals surface area contributed by atoms with Crippen LogP contribution in [-0.4, -0.2) is 32.2 Å². The van der Waals surface area contributed by atoms with E-state index in [0.717, 1.165) is 12.1 Å². The normalized spacial score (nSPS) is 15.2. The molecule has 0 aliphatic heterocycles. The van der Waals surface area contributed by atoms with Gasteiger partial charge in [0.25, 0.3) is 5.91 Å². The fraction of sp³-hybridized carbons (Fsp3) is 0.273. The SMILES string of the molecule is CC(NC(=O)c1cc(OC(F)(F)F)cc(C2(C#N)CC2)c1)c1nccnc1-c1ncccn1. The smallest absolute Gasteiger partial charge is 0.406 e. The number of carbonyl (C=O) groups excluding carboxylic acids is 1. The summed E-state index contributed by atoms with van der Waals surface area (Å²) in [6, 6.07) is 6.64. The molecule has 1 fully saturated rings. The van der Waals surface area contributed by atoms with Crippen molar-refractivity contribution in [1.82, 2.24) is 25.3 Å². The van der Waals surface area contributed by atoms with Crippen LogP contribution >= 0.6 is 0 Å². The average molecular weight is 454 g/mol. The third-order valence-electron chi connectivity index (χ3n) is 5.18. The van der Waals surface area contributed by atoms with E-state index in [1.165, 1.54) is 18.5 Å². The van der Waals surface area contributed by atoms with E-state index in [2.05, 4.69) is 36.1 Å². The third-order valence-corrected chi connectivity index (χ3v) is 5.18. The van der Waals surface area contributed by atoms with Crippen molar-refractivity contribution in [2.24, 2.45) is 0 Å². The number of carbonyl (C=O) groups is 1. The Morgan fingerprint density at radius 3 is 2.45 bits per heavy atom. The van der Waals surface area contributed by atoms with E-state index >= 15 is 0 Å². The van der Waals surface area contributed by atoms with E-state index in [0.29, 0.717) is 35.6 Å². The predicted molar refractivity (Wildman–Crippen MR) is 109 cm³/mol. The maximum Gasteiger partial charge on any atom is 0.573 e. The van der Waals surface area contributed by atoms with Crippen molar-refractivity contribution in [3.8, 4) is 23.3 Å². The number of benzene rings is 1. The number of hydrogen-bond donors (Lipinski definition) is 1. The Labute approximate surface area is 186 Å². The molecule has 0 spiro atoms. The molecule has 1 saturated carbocycles. The van der Waals surface area contributed by atoms with Crippen molar-refractivity contribution in [3.63, 3.8) is 0 Å². The molecule has 1 N–H and O–H groups in total. The highest BCUT2D eigenvalue weighted by Crippen LogP contribution is 2.48. The number of rotatable bonds is 6. The molecule has 0 radical (unpaired) electrons. The van der Waals surface area contributed by atoms with Crippen LogP contribution in [0.2, 0.25) is 0 Å². The zero-order valence-electron chi connectivity index (χ0n) is 17.3. The first kappa shape index (κ1) is 22.1. The zero-order valence-corrected chi connectivity index (χ0v) is 17.3. The summed E-state index contributed by atoms with van der Waals surface area (Å²) in [5, 5.41) is 12.2. The second kappa shape index (κ2) is 8.46. The number of ether oxygens (including phenoxy) is 1. The molecule has 1 aliphatic carbocycles. The molecular formula is C22H17F3N6O2. The number of amides is 1. The van der Waals surface area contributed by atoms with E-state index < -0.39 is 29.5 Å². The number of nitrogens with zero attached hydrogens (tertiary/aromatic N) is 5. The Morgan fingerprint density at radius 2 is 1.82 bits per heavy atom. The van der Waals surface area contributed by atoms with E-state index in [9.17, 15) is 23.2 Å². The molecule has 1 amide bonds. The van der Waals surface area contributed by atoms with Crippen molar-refractivity contribution < 1.29 is 22.7 Å². The van der Waals surface area contributed by atoms with Crippen LogP contribution in [0.3, 0.4) is 0 Å². The van der Waals surface area contributed by atoms with Gasteiger partial charge in [-0.3, -0.25) is 9.78 Å². The molecule has 11 heteroatoms. The lowest BCUT2D eigenvalue weighted by molar-refractivity contribution is -0.274. The Kier molecular flexibility index (Phi) is 5.68. The van der Waals surface area contributed by atoms with Crippen LogP contribution in [-0.2, 0) is 5.41 Å². The number of halogens is 3. The van der Waals surface area contributed by atoms with Gasteiger partial charge in [0.2, 0.25) is 0 Å². The van der Waals surface area contributed by atoms with Gasteiger partial charge in [-0.05, 0) is 49.6 Å². The van der Waals surface area contributed by atoms with E-state index in [1.807, 2.05) is 0 Å². The van der Waals surface area contributed by atoms with Crippen LogP contribution in [0.1, 0.15) is 47.4 Å². The molecule has 4 rings (SSSR count). The van der Waals surface area contributed by atoms with E-state index in [4.69, 9.17) is 0 Å². The third kappa shape index (κ3) is 4.90. The number of nitriles is 1. The minimum atomic E-state index is -4.94. The Balaban J connectivity index is 1.63. The standard InChI is InChI=1S/C22H17F3N6O2/c1-13(17-18(28-8-7-27-17)19-29-5-2-6-30-19)31-20(32)14-9-15(21(12-26)3-4-21)11-16(10-14)33-22(23,24)25/h2,5-11,13H,3-4H2,1H3,(H,31,32). The Bertz CT molecular complexity index is 1220. The second-order valence-electron chi connectivity index (χ2n) is 7.55. The summed E-state index contributed by atoms with van der Waals surface area (Å²) in [4.78, 5) is 29.8. The van der Waals surface area contributed by atoms with Gasteiger partial charge in [0.15, 0.2) is 5.82 Å². The van der Waals surface area contributed by atoms with Gasteiger partial charge in [0, 0.05) is 30.4 Å². The number of hydrogen-bond acceptors (Lipinski definition) is 7. The van der Waals surface area contributed by atoms with Gasteiger partial charge < -0.3 is 10.1 Å². The monoisotopic (exact) mass is 454 g/mol. The first-order valence-electron chi connectivity index (χ1n) is 9.92. The largest absolute Gasteiger partial charge is 0.573 e. The lowest BCUT2D eigenvalue weighted by Crippen LogP contribution is -2.28. The van der Waals surface area contributed by atoms with Crippen molar-refractivity contribution in [3.05, 3.63) is 65.9 Å². The van der Waals surface area contributed by atoms with Gasteiger partial charge in [-0.1, -0.05) is 0 Å². The van der Waals surface area contributed by atoms with Crippen molar-refractivity contribution in [2.75, 3.05) is 0 Å². The first-order chi connectivity index (χ1) is 15.7. The van der Waals surface area contributed by atoms with Crippen molar-refractivity contribution in [2.45, 2.75) is 37.6 Å². The lowest BCUT2D eigenvalue weighted by atomic mass is 9.95. The highest BCUT2D eigenvalue weighted by atomic mass is 19.4. The minimum Gasteiger partial charge on any atom is -0.406 e. The van der Waals surface area contributed by atoms with Crippen molar-refractivity contribution >= 4 is 5.91 Å². The highest BCUT2D eigenvalue weighted by molar-refractivity contribution is 5.95. The summed E-state index contributed by atoms with van der Waals surface area (Å²) in [6.07, 6.45) is 2.05. The lowest BCUT2D eigenvalue weighted by Gasteiger charge is -2.18. The molecule has 2 aromatic heterocycles. The van der Waals surface area contributed by atoms with Crippen molar-refractivity contribution in [1.29, 1.82) is 5.26 Å². The Hall–Kier alpha value is -4.07. The fourth-order valence-corrected chi connectivity index (χ4v) is 3.40. The number of nitrogens with one attached hydrogen (secondary N) is 1. The second-order valence-corrected chi connectivity index (χ2v) is 7.55. The summed E-state index contributed by atoms with van der Waals surface area (Å²) in [5.41, 5.74) is 0.0794. The Morgan fingerprint density at radius 1 is 1.12 bits per heavy atom. The highest BCUT2D eigenvalue weighted by Gasteiger charge is 2.46. The van der Waals surface area contributed by atoms with Crippen LogP contribution in [0.25, 0.3) is 11.5 Å². The topological polar surface area (TPSA) is 114 Å². The zero-order chi connectivity index (χ0) is 23.6. The summed E-state index contributed by atoms with van der Waals surface area (Å²) in [7, 11) is 0. The maximum absolute atomic E-state index is 13.0. The molecule has 3 aromatic rings. The molecule has 1 aromatic carbocycles. The van der Waals surface area contributed by atoms with Gasteiger partial charge in [0.05, 0.1) is 23.2 Å². The summed E-state index contributed by atoms with van der Waals surface area (Å²) in [5.74, 6) is -0.901. The van der Waals surface area contributed by atoms with E-state index in [-0.39, 0.29) is 5.56 Å². The minimum absolute atomic E-state index is 0.0680. The van der Waals surface area contributed by atoms with Crippen LogP contribution in [0.5, 0.6) is 5.75 Å². The number of alkyl halides is 3. The quantitative estimate of drug-likeness (QED) is 0.601. The fourth-order valence-electron chi connectivity index (χ4n) is 3.40. The summed E-state index contributed by atoms with van der Waals surface area (Å²) >= 11 is 0. The molecule has 2 heterocycles. The molecule has 33 heavy (non-hydrogen) atoms. The average Bonchev–Trinajstić information content (AvgIpc) is 3.60. The molecule has 1 unspecified atom stereocenters. The van der Waals surface area contributed by atoms with E-state index in [1.54, 1.807) is 25.4 Å². The number of aromatic nitrogens is 4. The van der Waals surface area contributed by atoms with Gasteiger partial charge in [-0.2, -0.15) is 5.26 Å². The van der Waals surface area contributed by atoms with Crippen LogP contribution < -0.4 is 10.1 Å². The molecule has 0 bridgehead atoms. The summed E-state index contributed by atoms with van der Waals surface area (Å²) in [6.45, 7) is 1.66. The molecule has 0 saturated heterocycles. The van der Waals surface area contributed by atoms with Gasteiger partial charge in [-0.25, -0.2) is 15.0 Å². The van der Waals surface area contributed by atoms with Crippen LogP contribution in [0, 0.1) is 11.3 Å². The van der Waals surface area contributed by atoms with Crippen LogP contribution in [0.4, 0.5) is 13.2 Å². The molecular weight excluding hydrogens is 437 g/mol. The maximum atomic E-state index is 13.0.